The fourth-order valence-corrected chi connectivity index (χ4v) is 4.67. The fraction of sp³-hybridized carbons (Fsp3) is 0.611. The van der Waals surface area contributed by atoms with Gasteiger partial charge in [0.25, 0.3) is 0 Å². The molecule has 0 N–H and O–H groups in total. The molecule has 1 aromatic carbocycles. The number of nitrogens with zero attached hydrogens (tertiary/aromatic N) is 2. The number of fused-ring (bicyclic) bond motifs is 3. The molecule has 0 amide bonds. The molecule has 3 rings (SSSR count). The summed E-state index contributed by atoms with van der Waals surface area (Å²) < 4.78 is 6.62. The summed E-state index contributed by atoms with van der Waals surface area (Å²) in [6.45, 7) is 9.00. The number of hydrogen-bond donors (Lipinski definition) is 0. The number of halogens is 2. The van der Waals surface area contributed by atoms with E-state index < -0.39 is 5.41 Å². The fourth-order valence-electron chi connectivity index (χ4n) is 3.95. The van der Waals surface area contributed by atoms with Crippen LogP contribution in [-0.2, 0) is 10.2 Å². The first kappa shape index (κ1) is 19.5. The van der Waals surface area contributed by atoms with Gasteiger partial charge in [-0.1, -0.05) is 6.92 Å². The van der Waals surface area contributed by atoms with Crippen LogP contribution in [-0.4, -0.2) is 37.7 Å². The van der Waals surface area contributed by atoms with Crippen LogP contribution in [0.5, 0.6) is 5.75 Å². The van der Waals surface area contributed by atoms with Gasteiger partial charge in [-0.15, -0.1) is 12.4 Å². The average molecular weight is 418 g/mol. The Morgan fingerprint density at radius 2 is 1.96 bits per heavy atom. The Kier molecular flexibility index (Phi) is 5.04. The number of likely N-dealkylation sites (tertiary alicyclic amines) is 1. The number of hydrogen-bond acceptors (Lipinski definition) is 4. The second-order valence-corrected chi connectivity index (χ2v) is 8.93. The van der Waals surface area contributed by atoms with E-state index in [2.05, 4.69) is 52.8 Å². The summed E-state index contributed by atoms with van der Waals surface area (Å²) in [6, 6.07) is 3.96. The lowest BCUT2D eigenvalue weighted by atomic mass is 9.81. The van der Waals surface area contributed by atoms with E-state index in [0.717, 1.165) is 17.4 Å². The van der Waals surface area contributed by atoms with E-state index in [1.165, 1.54) is 11.3 Å². The molecule has 2 aliphatic rings. The molecule has 2 aliphatic heterocycles. The maximum absolute atomic E-state index is 12.2. The summed E-state index contributed by atoms with van der Waals surface area (Å²) in [6.07, 6.45) is 1.46. The molecule has 0 spiro atoms. The van der Waals surface area contributed by atoms with Gasteiger partial charge < -0.3 is 9.64 Å². The van der Waals surface area contributed by atoms with Crippen molar-refractivity contribution in [3.8, 4) is 5.75 Å². The topological polar surface area (TPSA) is 32.8 Å². The van der Waals surface area contributed by atoms with Gasteiger partial charge >= 0.3 is 5.97 Å². The Morgan fingerprint density at radius 3 is 2.54 bits per heavy atom. The highest BCUT2D eigenvalue weighted by Crippen LogP contribution is 2.54. The molecule has 6 heteroatoms. The van der Waals surface area contributed by atoms with Crippen LogP contribution in [0.1, 0.15) is 39.7 Å². The van der Waals surface area contributed by atoms with Gasteiger partial charge in [-0.2, -0.15) is 0 Å². The zero-order chi connectivity index (χ0) is 17.2. The van der Waals surface area contributed by atoms with Gasteiger partial charge in [-0.05, 0) is 67.9 Å². The third-order valence-electron chi connectivity index (χ3n) is 5.17. The van der Waals surface area contributed by atoms with Gasteiger partial charge in [0.2, 0.25) is 0 Å². The minimum atomic E-state index is -0.512. The van der Waals surface area contributed by atoms with Gasteiger partial charge in [-0.25, -0.2) is 0 Å². The molecule has 2 heterocycles. The van der Waals surface area contributed by atoms with Crippen molar-refractivity contribution in [3.63, 3.8) is 0 Å². The first-order valence-electron chi connectivity index (χ1n) is 8.05. The van der Waals surface area contributed by atoms with Crippen molar-refractivity contribution in [2.75, 3.05) is 25.5 Å². The van der Waals surface area contributed by atoms with E-state index in [9.17, 15) is 4.79 Å². The Morgan fingerprint density at radius 1 is 1.33 bits per heavy atom. The van der Waals surface area contributed by atoms with E-state index >= 15 is 0 Å². The molecular formula is C18H26BrClN2O2. The number of carbonyl (C=O) groups excluding carboxylic acids is 1. The number of benzene rings is 1. The number of carbonyl (C=O) groups is 1. The molecule has 0 aromatic heterocycles. The molecule has 2 atom stereocenters. The highest BCUT2D eigenvalue weighted by Gasteiger charge is 2.53. The largest absolute Gasteiger partial charge is 0.426 e. The molecule has 0 unspecified atom stereocenters. The molecule has 0 saturated carbocycles. The summed E-state index contributed by atoms with van der Waals surface area (Å²) in [4.78, 5) is 16.9. The standard InChI is InChI=1S/C18H25BrN2O2.ClH/c1-17(2,3)16(22)23-11-9-12-14(13(19)10-11)21(6)15-18(12,4)7-8-20(15)5;/h9-10,15H,7-8H2,1-6H3;1H/t15-,18+;/m1./s1. The third-order valence-corrected chi connectivity index (χ3v) is 5.77. The van der Waals surface area contributed by atoms with E-state index in [1.807, 2.05) is 26.8 Å². The van der Waals surface area contributed by atoms with Crippen molar-refractivity contribution in [3.05, 3.63) is 22.2 Å². The van der Waals surface area contributed by atoms with Crippen LogP contribution < -0.4 is 9.64 Å². The summed E-state index contributed by atoms with van der Waals surface area (Å²) in [5.74, 6) is 0.418. The Labute approximate surface area is 159 Å². The maximum atomic E-state index is 12.2. The molecular weight excluding hydrogens is 392 g/mol. The zero-order valence-corrected chi connectivity index (χ0v) is 17.5. The number of ether oxygens (including phenoxy) is 1. The number of rotatable bonds is 1. The van der Waals surface area contributed by atoms with Crippen LogP contribution in [0.3, 0.4) is 0 Å². The minimum absolute atomic E-state index is 0. The molecule has 0 aliphatic carbocycles. The highest BCUT2D eigenvalue weighted by molar-refractivity contribution is 9.10. The minimum Gasteiger partial charge on any atom is -0.426 e. The smallest absolute Gasteiger partial charge is 0.316 e. The third kappa shape index (κ3) is 2.85. The second kappa shape index (κ2) is 6.19. The Balaban J connectivity index is 0.00000208. The number of anilines is 1. The van der Waals surface area contributed by atoms with E-state index in [1.54, 1.807) is 0 Å². The highest BCUT2D eigenvalue weighted by atomic mass is 79.9. The van der Waals surface area contributed by atoms with Crippen LogP contribution in [0.2, 0.25) is 0 Å². The van der Waals surface area contributed by atoms with Gasteiger partial charge in [0.1, 0.15) is 5.75 Å². The summed E-state index contributed by atoms with van der Waals surface area (Å²) in [7, 11) is 4.31. The predicted molar refractivity (Wildman–Crippen MR) is 103 cm³/mol. The van der Waals surface area contributed by atoms with E-state index in [-0.39, 0.29) is 23.8 Å². The molecule has 134 valence electrons. The van der Waals surface area contributed by atoms with Crippen molar-refractivity contribution < 1.29 is 9.53 Å². The lowest BCUT2D eigenvalue weighted by Crippen LogP contribution is -2.45. The quantitative estimate of drug-likeness (QED) is 0.506. The summed E-state index contributed by atoms with van der Waals surface area (Å²) in [5, 5.41) is 0. The van der Waals surface area contributed by atoms with Crippen LogP contribution >= 0.6 is 28.3 Å². The van der Waals surface area contributed by atoms with Crippen LogP contribution in [0, 0.1) is 5.41 Å². The molecule has 1 aromatic rings. The van der Waals surface area contributed by atoms with Gasteiger partial charge in [0, 0.05) is 23.5 Å². The van der Waals surface area contributed by atoms with E-state index in [0.29, 0.717) is 11.9 Å². The van der Waals surface area contributed by atoms with Crippen LogP contribution in [0.4, 0.5) is 5.69 Å². The van der Waals surface area contributed by atoms with Crippen molar-refractivity contribution in [1.82, 2.24) is 4.90 Å². The number of likely N-dealkylation sites (N-methyl/N-ethyl adjacent to an activating group) is 2. The Bertz CT molecular complexity index is 674. The van der Waals surface area contributed by atoms with Gasteiger partial charge in [0.15, 0.2) is 0 Å². The van der Waals surface area contributed by atoms with E-state index in [4.69, 9.17) is 4.74 Å². The summed E-state index contributed by atoms with van der Waals surface area (Å²) in [5.41, 5.74) is 2.02. The average Bonchev–Trinajstić information content (AvgIpc) is 2.84. The molecule has 0 bridgehead atoms. The molecule has 1 saturated heterocycles. The first-order valence-corrected chi connectivity index (χ1v) is 8.84. The monoisotopic (exact) mass is 416 g/mol. The normalized spacial score (nSPS) is 26.0. The van der Waals surface area contributed by atoms with Crippen molar-refractivity contribution in [2.45, 2.75) is 45.7 Å². The molecule has 4 nitrogen and oxygen atoms in total. The number of esters is 1. The Hall–Kier alpha value is -0.780. The lowest BCUT2D eigenvalue weighted by Gasteiger charge is -2.32. The SMILES string of the molecule is CN1CC[C@@]2(C)c3cc(OC(=O)C(C)(C)C)cc(Br)c3N(C)[C@@H]12.Cl. The summed E-state index contributed by atoms with van der Waals surface area (Å²) >= 11 is 3.68. The maximum Gasteiger partial charge on any atom is 0.316 e. The van der Waals surface area contributed by atoms with Crippen molar-refractivity contribution >= 4 is 40.0 Å². The molecule has 1 fully saturated rings. The van der Waals surface area contributed by atoms with Crippen LogP contribution in [0.15, 0.2) is 16.6 Å². The van der Waals surface area contributed by atoms with Crippen molar-refractivity contribution in [1.29, 1.82) is 0 Å². The molecule has 24 heavy (non-hydrogen) atoms. The first-order chi connectivity index (χ1) is 10.6. The molecule has 0 radical (unpaired) electrons. The lowest BCUT2D eigenvalue weighted by molar-refractivity contribution is -0.143. The second-order valence-electron chi connectivity index (χ2n) is 8.07. The van der Waals surface area contributed by atoms with Crippen molar-refractivity contribution in [2.24, 2.45) is 5.41 Å². The van der Waals surface area contributed by atoms with Gasteiger partial charge in [-0.3, -0.25) is 9.69 Å². The van der Waals surface area contributed by atoms with Gasteiger partial charge in [0.05, 0.1) is 17.3 Å². The van der Waals surface area contributed by atoms with Crippen LogP contribution in [0.25, 0.3) is 0 Å². The predicted octanol–water partition coefficient (Wildman–Crippen LogP) is 4.19. The zero-order valence-electron chi connectivity index (χ0n) is 15.1.